The van der Waals surface area contributed by atoms with Crippen LogP contribution in [0.3, 0.4) is 0 Å². The minimum atomic E-state index is -4.65. The van der Waals surface area contributed by atoms with Gasteiger partial charge in [0.15, 0.2) is 11.6 Å². The van der Waals surface area contributed by atoms with E-state index in [1.165, 1.54) is 23.7 Å². The van der Waals surface area contributed by atoms with Gasteiger partial charge in [-0.05, 0) is 47.2 Å². The molecule has 1 N–H and O–H groups in total. The van der Waals surface area contributed by atoms with Crippen molar-refractivity contribution in [3.05, 3.63) is 52.8 Å². The summed E-state index contributed by atoms with van der Waals surface area (Å²) in [5.74, 6) is 0.0306. The highest BCUT2D eigenvalue weighted by atomic mass is 35.5. The van der Waals surface area contributed by atoms with Gasteiger partial charge in [0.2, 0.25) is 5.91 Å². The van der Waals surface area contributed by atoms with Gasteiger partial charge in [-0.25, -0.2) is 0 Å². The zero-order valence-corrected chi connectivity index (χ0v) is 15.3. The maximum atomic E-state index is 13.3. The van der Waals surface area contributed by atoms with E-state index in [2.05, 4.69) is 21.0 Å². The molecule has 0 aliphatic carbocycles. The molecule has 1 amide bonds. The number of nitrogens with one attached hydrogen (secondary N) is 1. The van der Waals surface area contributed by atoms with Crippen molar-refractivity contribution in [1.82, 2.24) is 25.7 Å². The van der Waals surface area contributed by atoms with E-state index in [4.69, 9.17) is 16.4 Å². The van der Waals surface area contributed by atoms with E-state index in [1.807, 2.05) is 0 Å². The van der Waals surface area contributed by atoms with Gasteiger partial charge in [0, 0.05) is 6.92 Å². The van der Waals surface area contributed by atoms with E-state index in [0.29, 0.717) is 11.5 Å². The molecule has 0 bridgehead atoms. The van der Waals surface area contributed by atoms with Crippen LogP contribution in [0, 0.1) is 6.92 Å². The van der Waals surface area contributed by atoms with E-state index in [0.717, 1.165) is 12.1 Å². The van der Waals surface area contributed by atoms with Crippen LogP contribution in [0.4, 0.5) is 13.2 Å². The number of hydrogen-bond donors (Lipinski definition) is 1. The van der Waals surface area contributed by atoms with Crippen LogP contribution in [-0.4, -0.2) is 26.1 Å². The molecule has 0 saturated carbocycles. The number of benzene rings is 2. The Balaban J connectivity index is 2.25. The Hall–Kier alpha value is -3.14. The zero-order valence-electron chi connectivity index (χ0n) is 14.6. The Morgan fingerprint density at radius 2 is 2.00 bits per heavy atom. The fourth-order valence-electron chi connectivity index (χ4n) is 2.55. The molecule has 146 valence electrons. The number of nitrogens with zero attached hydrogens (tertiary/aromatic N) is 4. The molecular formula is C17H13ClF3N5O2. The molecule has 1 heterocycles. The lowest BCUT2D eigenvalue weighted by molar-refractivity contribution is -0.137. The first-order valence-corrected chi connectivity index (χ1v) is 8.25. The normalized spacial score (nSPS) is 11.4. The molecule has 7 nitrogen and oxygen atoms in total. The summed E-state index contributed by atoms with van der Waals surface area (Å²) >= 11 is 5.73. The van der Waals surface area contributed by atoms with Crippen LogP contribution in [0.1, 0.15) is 18.3 Å². The first-order valence-electron chi connectivity index (χ1n) is 7.87. The van der Waals surface area contributed by atoms with E-state index in [1.54, 1.807) is 19.1 Å². The molecule has 0 spiro atoms. The Kier molecular flexibility index (Phi) is 5.23. The van der Waals surface area contributed by atoms with Crippen molar-refractivity contribution in [3.63, 3.8) is 0 Å². The summed E-state index contributed by atoms with van der Waals surface area (Å²) in [5, 5.41) is 10.8. The summed E-state index contributed by atoms with van der Waals surface area (Å²) in [4.78, 5) is 16.5. The third kappa shape index (κ3) is 3.91. The highest BCUT2D eigenvalue weighted by molar-refractivity contribution is 6.31. The number of hydrogen-bond acceptors (Lipinski definition) is 5. The van der Waals surface area contributed by atoms with Crippen molar-refractivity contribution in [3.8, 4) is 22.6 Å². The highest BCUT2D eigenvalue weighted by Gasteiger charge is 2.34. The van der Waals surface area contributed by atoms with Crippen molar-refractivity contribution in [1.29, 1.82) is 0 Å². The third-order valence-corrected chi connectivity index (χ3v) is 4.05. The van der Waals surface area contributed by atoms with Gasteiger partial charge in [-0.3, -0.25) is 4.79 Å². The average molecular weight is 412 g/mol. The Labute approximate surface area is 162 Å². The molecule has 0 atom stereocenters. The number of aryl methyl sites for hydroxylation is 1. The number of carbonyl (C=O) groups is 1. The van der Waals surface area contributed by atoms with Crippen LogP contribution in [0.2, 0.25) is 5.02 Å². The number of alkyl halides is 3. The molecule has 3 aromatic rings. The van der Waals surface area contributed by atoms with Crippen LogP contribution in [0.25, 0.3) is 16.8 Å². The van der Waals surface area contributed by atoms with Crippen molar-refractivity contribution < 1.29 is 22.8 Å². The Morgan fingerprint density at radius 3 is 2.61 bits per heavy atom. The highest BCUT2D eigenvalue weighted by Crippen LogP contribution is 2.41. The molecule has 3 rings (SSSR count). The maximum Gasteiger partial charge on any atom is 0.417 e. The lowest BCUT2D eigenvalue weighted by atomic mass is 10.00. The van der Waals surface area contributed by atoms with Gasteiger partial charge in [-0.1, -0.05) is 23.7 Å². The standard InChI is InChI=1S/C17H13ClF3N5O2/c1-9-22-24-25-26(9)14-4-3-5-15(28-23-10(2)27)16(14)11-6-7-13(18)12(8-11)17(19,20)21/h3-8H,1-2H3,(H,23,27). The SMILES string of the molecule is CC(=O)NOc1cccc(-n2nnnc2C)c1-c1ccc(Cl)c(C(F)(F)F)c1. The monoisotopic (exact) mass is 411 g/mol. The first kappa shape index (κ1) is 19.6. The largest absolute Gasteiger partial charge is 0.417 e. The minimum absolute atomic E-state index is 0.109. The number of aromatic nitrogens is 4. The Bertz CT molecular complexity index is 1040. The molecule has 1 aromatic heterocycles. The van der Waals surface area contributed by atoms with Gasteiger partial charge in [-0.2, -0.15) is 23.3 Å². The molecular weight excluding hydrogens is 399 g/mol. The molecule has 0 fully saturated rings. The number of tetrazole rings is 1. The second-order valence-electron chi connectivity index (χ2n) is 5.74. The van der Waals surface area contributed by atoms with Gasteiger partial charge < -0.3 is 4.84 Å². The average Bonchev–Trinajstić information content (AvgIpc) is 3.05. The molecule has 0 saturated heterocycles. The molecule has 28 heavy (non-hydrogen) atoms. The van der Waals surface area contributed by atoms with Crippen LogP contribution in [0.15, 0.2) is 36.4 Å². The second-order valence-corrected chi connectivity index (χ2v) is 6.15. The van der Waals surface area contributed by atoms with Crippen molar-refractivity contribution in [2.45, 2.75) is 20.0 Å². The topological polar surface area (TPSA) is 81.9 Å². The predicted octanol–water partition coefficient (Wildman–Crippen LogP) is 3.74. The van der Waals surface area contributed by atoms with Crippen molar-refractivity contribution in [2.75, 3.05) is 0 Å². The fraction of sp³-hybridized carbons (Fsp3) is 0.176. The van der Waals surface area contributed by atoms with Crippen LogP contribution >= 0.6 is 11.6 Å². The predicted molar refractivity (Wildman–Crippen MR) is 93.8 cm³/mol. The summed E-state index contributed by atoms with van der Waals surface area (Å²) in [6, 6.07) is 8.17. The summed E-state index contributed by atoms with van der Waals surface area (Å²) in [6.07, 6.45) is -4.65. The molecule has 11 heteroatoms. The summed E-state index contributed by atoms with van der Waals surface area (Å²) in [6.45, 7) is 2.87. The second kappa shape index (κ2) is 7.47. The van der Waals surface area contributed by atoms with Gasteiger partial charge in [0.1, 0.15) is 0 Å². The van der Waals surface area contributed by atoms with Gasteiger partial charge in [0.05, 0.1) is 21.8 Å². The number of halogens is 4. The van der Waals surface area contributed by atoms with Gasteiger partial charge >= 0.3 is 6.18 Å². The molecule has 0 radical (unpaired) electrons. The summed E-state index contributed by atoms with van der Waals surface area (Å²) < 4.78 is 41.3. The van der Waals surface area contributed by atoms with Crippen molar-refractivity contribution >= 4 is 17.5 Å². The summed E-state index contributed by atoms with van der Waals surface area (Å²) in [7, 11) is 0. The van der Waals surface area contributed by atoms with Gasteiger partial charge in [0.25, 0.3) is 0 Å². The van der Waals surface area contributed by atoms with Crippen LogP contribution in [-0.2, 0) is 11.0 Å². The van der Waals surface area contributed by atoms with E-state index < -0.39 is 22.7 Å². The fourth-order valence-corrected chi connectivity index (χ4v) is 2.78. The molecule has 0 aliphatic heterocycles. The van der Waals surface area contributed by atoms with Crippen LogP contribution < -0.4 is 10.3 Å². The smallest absolute Gasteiger partial charge is 0.379 e. The lowest BCUT2D eigenvalue weighted by Crippen LogP contribution is -2.24. The van der Waals surface area contributed by atoms with Gasteiger partial charge in [-0.15, -0.1) is 5.10 Å². The minimum Gasteiger partial charge on any atom is -0.379 e. The first-order chi connectivity index (χ1) is 13.2. The number of carbonyl (C=O) groups excluding carboxylic acids is 1. The molecule has 2 aromatic carbocycles. The van der Waals surface area contributed by atoms with Crippen molar-refractivity contribution in [2.24, 2.45) is 0 Å². The number of rotatable bonds is 4. The quantitative estimate of drug-likeness (QED) is 0.661. The molecule has 0 aliphatic rings. The third-order valence-electron chi connectivity index (χ3n) is 3.72. The van der Waals surface area contributed by atoms with E-state index in [9.17, 15) is 18.0 Å². The molecule has 0 unspecified atom stereocenters. The van der Waals surface area contributed by atoms with E-state index in [-0.39, 0.29) is 16.9 Å². The number of hydroxylamine groups is 1. The lowest BCUT2D eigenvalue weighted by Gasteiger charge is -2.17. The van der Waals surface area contributed by atoms with E-state index >= 15 is 0 Å². The number of amides is 1. The zero-order chi connectivity index (χ0) is 20.5. The van der Waals surface area contributed by atoms with Crippen LogP contribution in [0.5, 0.6) is 5.75 Å². The Morgan fingerprint density at radius 1 is 1.25 bits per heavy atom. The maximum absolute atomic E-state index is 13.3. The summed E-state index contributed by atoms with van der Waals surface area (Å²) in [5.41, 5.74) is 1.93.